The number of rotatable bonds is 10. The van der Waals surface area contributed by atoms with E-state index in [1.807, 2.05) is 13.0 Å². The fraction of sp³-hybridized carbons (Fsp3) is 0.414. The first kappa shape index (κ1) is 30.0. The van der Waals surface area contributed by atoms with E-state index >= 15 is 0 Å². The number of pyridine rings is 1. The largest absolute Gasteiger partial charge is 0.380 e. The summed E-state index contributed by atoms with van der Waals surface area (Å²) in [6.07, 6.45) is 6.41. The second-order valence-electron chi connectivity index (χ2n) is 10.8. The zero-order chi connectivity index (χ0) is 30.0. The molecule has 3 atom stereocenters. The van der Waals surface area contributed by atoms with Crippen LogP contribution in [0.5, 0.6) is 0 Å². The molecule has 42 heavy (non-hydrogen) atoms. The number of piperidine rings is 1. The molecule has 4 aromatic rings. The number of halogens is 2. The van der Waals surface area contributed by atoms with Crippen LogP contribution in [0.2, 0.25) is 0 Å². The summed E-state index contributed by atoms with van der Waals surface area (Å²) in [4.78, 5) is 11.0. The molecule has 0 saturated carbocycles. The van der Waals surface area contributed by atoms with Crippen LogP contribution in [0.3, 0.4) is 0 Å². The number of ether oxygens (including phenoxy) is 2. The van der Waals surface area contributed by atoms with Gasteiger partial charge in [0, 0.05) is 68.5 Å². The van der Waals surface area contributed by atoms with E-state index < -0.39 is 21.5 Å². The number of benzene rings is 1. The summed E-state index contributed by atoms with van der Waals surface area (Å²) in [5, 5.41) is 4.55. The fourth-order valence-corrected chi connectivity index (χ4v) is 5.87. The number of fused-ring (bicyclic) bond motifs is 1. The van der Waals surface area contributed by atoms with Crippen LogP contribution in [0.4, 0.5) is 14.5 Å². The maximum absolute atomic E-state index is 14.9. The maximum Gasteiger partial charge on any atom is 0.149 e. The zero-order valence-electron chi connectivity index (χ0n) is 23.7. The normalized spacial score (nSPS) is 19.5. The minimum Gasteiger partial charge on any atom is -0.380 e. The quantitative estimate of drug-likeness (QED) is 0.292. The molecule has 3 aromatic heterocycles. The van der Waals surface area contributed by atoms with Gasteiger partial charge in [-0.2, -0.15) is 5.10 Å². The minimum absolute atomic E-state index is 0.0471. The summed E-state index contributed by atoms with van der Waals surface area (Å²) in [6, 6.07) is 7.37. The molecule has 1 fully saturated rings. The van der Waals surface area contributed by atoms with Gasteiger partial charge in [0.1, 0.15) is 27.3 Å². The Hall–Kier alpha value is -3.52. The van der Waals surface area contributed by atoms with Crippen molar-refractivity contribution in [3.63, 3.8) is 0 Å². The van der Waals surface area contributed by atoms with Crippen LogP contribution >= 0.6 is 0 Å². The molecule has 1 aliphatic rings. The van der Waals surface area contributed by atoms with Gasteiger partial charge in [0.15, 0.2) is 0 Å². The topological polar surface area (TPSA) is 125 Å². The van der Waals surface area contributed by atoms with Gasteiger partial charge >= 0.3 is 0 Å². The van der Waals surface area contributed by atoms with Gasteiger partial charge in [-0.1, -0.05) is 6.92 Å². The highest BCUT2D eigenvalue weighted by atomic mass is 32.2. The van der Waals surface area contributed by atoms with Crippen molar-refractivity contribution in [3.05, 3.63) is 77.5 Å². The number of methoxy groups -OCH3 is 1. The number of anilines is 1. The van der Waals surface area contributed by atoms with Gasteiger partial charge in [-0.15, -0.1) is 0 Å². The van der Waals surface area contributed by atoms with Gasteiger partial charge in [-0.3, -0.25) is 4.98 Å². The van der Waals surface area contributed by atoms with Crippen molar-refractivity contribution in [2.45, 2.75) is 32.1 Å². The predicted octanol–water partition coefficient (Wildman–Crippen LogP) is 3.02. The van der Waals surface area contributed by atoms with E-state index in [9.17, 15) is 17.2 Å². The van der Waals surface area contributed by atoms with Gasteiger partial charge in [-0.25, -0.2) is 26.7 Å². The number of sulfone groups is 1. The lowest BCUT2D eigenvalue weighted by Gasteiger charge is -2.42. The third-order valence-corrected chi connectivity index (χ3v) is 8.29. The van der Waals surface area contributed by atoms with Crippen LogP contribution in [0.1, 0.15) is 23.9 Å². The molecule has 13 heteroatoms. The van der Waals surface area contributed by atoms with Crippen molar-refractivity contribution in [3.8, 4) is 11.3 Å². The number of nitrogens with two attached hydrogens (primary N) is 1. The zero-order valence-corrected chi connectivity index (χ0v) is 24.5. The molecule has 0 unspecified atom stereocenters. The molecule has 1 saturated heterocycles. The molecule has 1 aliphatic heterocycles. The van der Waals surface area contributed by atoms with E-state index in [4.69, 9.17) is 15.2 Å². The van der Waals surface area contributed by atoms with Gasteiger partial charge in [-0.05, 0) is 35.9 Å². The lowest BCUT2D eigenvalue weighted by molar-refractivity contribution is 0.00179. The van der Waals surface area contributed by atoms with Crippen LogP contribution in [0.15, 0.2) is 48.9 Å². The third kappa shape index (κ3) is 6.59. The molecule has 10 nitrogen and oxygen atoms in total. The van der Waals surface area contributed by atoms with E-state index in [2.05, 4.69) is 20.0 Å². The smallest absolute Gasteiger partial charge is 0.149 e. The van der Waals surface area contributed by atoms with Crippen LogP contribution < -0.4 is 10.6 Å². The second kappa shape index (κ2) is 12.4. The molecule has 5 rings (SSSR count). The van der Waals surface area contributed by atoms with Crippen LogP contribution in [-0.4, -0.2) is 79.0 Å². The average Bonchev–Trinajstić information content (AvgIpc) is 3.31. The number of hydrogen-bond acceptors (Lipinski definition) is 9. The highest BCUT2D eigenvalue weighted by Crippen LogP contribution is 2.30. The first-order valence-electron chi connectivity index (χ1n) is 13.6. The van der Waals surface area contributed by atoms with Crippen LogP contribution in [-0.2, 0) is 32.3 Å². The Balaban J connectivity index is 1.38. The number of aromatic nitrogens is 4. The lowest BCUT2D eigenvalue weighted by atomic mass is 9.91. The monoisotopic (exact) mass is 600 g/mol. The van der Waals surface area contributed by atoms with Crippen molar-refractivity contribution in [1.82, 2.24) is 19.6 Å². The Bertz CT molecular complexity index is 1650. The molecule has 4 heterocycles. The molecule has 0 aliphatic carbocycles. The summed E-state index contributed by atoms with van der Waals surface area (Å²) < 4.78 is 65.4. The first-order chi connectivity index (χ1) is 20.0. The van der Waals surface area contributed by atoms with Crippen LogP contribution in [0.25, 0.3) is 16.8 Å². The fourth-order valence-electron chi connectivity index (χ4n) is 5.47. The molecule has 2 N–H and O–H groups in total. The molecule has 0 amide bonds. The molecule has 0 spiro atoms. The first-order valence-corrected chi connectivity index (χ1v) is 15.6. The number of imidazole rings is 1. The van der Waals surface area contributed by atoms with Crippen molar-refractivity contribution < 1.29 is 26.7 Å². The summed E-state index contributed by atoms with van der Waals surface area (Å²) in [7, 11) is -1.66. The highest BCUT2D eigenvalue weighted by molar-refractivity contribution is 7.90. The van der Waals surface area contributed by atoms with Crippen molar-refractivity contribution in [2.75, 3.05) is 43.7 Å². The molecule has 1 aromatic carbocycles. The molecule has 224 valence electrons. The van der Waals surface area contributed by atoms with E-state index in [1.54, 1.807) is 35.2 Å². The summed E-state index contributed by atoms with van der Waals surface area (Å²) >= 11 is 0. The Morgan fingerprint density at radius 2 is 1.88 bits per heavy atom. The lowest BCUT2D eigenvalue weighted by Crippen LogP contribution is -2.57. The van der Waals surface area contributed by atoms with Gasteiger partial charge < -0.3 is 20.1 Å². The summed E-state index contributed by atoms with van der Waals surface area (Å²) in [5.41, 5.74) is 9.31. The Morgan fingerprint density at radius 3 is 2.57 bits per heavy atom. The predicted molar refractivity (Wildman–Crippen MR) is 155 cm³/mol. The maximum atomic E-state index is 14.9. The van der Waals surface area contributed by atoms with Crippen LogP contribution in [0, 0.1) is 17.6 Å². The molecular formula is C29H34F2N6O4S. The summed E-state index contributed by atoms with van der Waals surface area (Å²) in [5.74, 6) is -0.869. The van der Waals surface area contributed by atoms with Gasteiger partial charge in [0.2, 0.25) is 0 Å². The van der Waals surface area contributed by atoms with E-state index in [0.29, 0.717) is 36.4 Å². The molecular weight excluding hydrogens is 566 g/mol. The van der Waals surface area contributed by atoms with Crippen molar-refractivity contribution in [1.29, 1.82) is 0 Å². The Morgan fingerprint density at radius 1 is 1.12 bits per heavy atom. The Labute approximate surface area is 243 Å². The second-order valence-corrected chi connectivity index (χ2v) is 13.0. The van der Waals surface area contributed by atoms with Crippen molar-refractivity contribution in [2.24, 2.45) is 11.7 Å². The van der Waals surface area contributed by atoms with Gasteiger partial charge in [0.05, 0.1) is 48.0 Å². The average molecular weight is 601 g/mol. The number of hydrogen-bond donors (Lipinski definition) is 1. The van der Waals surface area contributed by atoms with Gasteiger partial charge in [0.25, 0.3) is 0 Å². The third-order valence-electron chi connectivity index (χ3n) is 7.38. The van der Waals surface area contributed by atoms with E-state index in [1.165, 1.54) is 25.5 Å². The summed E-state index contributed by atoms with van der Waals surface area (Å²) in [6.45, 7) is 3.39. The standard InChI is InChI=1S/C29H34F2N6O4S/c1-18-15-36(16-24(32)29(18)41-8-9-42(3,38)39)26-6-7-33-13-20(26)12-27-34-14-21-4-5-25(35-37(21)27)28-22(30)10-19(17-40-2)11-23(28)31/h4-7,10-11,13-14,18,24,29H,8-9,12,15-17,32H2,1-3H3/t18-,24+,29-/m0/s1. The van der Waals surface area contributed by atoms with E-state index in [0.717, 1.165) is 11.3 Å². The minimum atomic E-state index is -3.12. The molecule has 0 bridgehead atoms. The van der Waals surface area contributed by atoms with Crippen molar-refractivity contribution >= 4 is 21.0 Å². The molecule has 0 radical (unpaired) electrons. The van der Waals surface area contributed by atoms with E-state index in [-0.39, 0.29) is 48.3 Å². The number of nitrogens with zero attached hydrogens (tertiary/aromatic N) is 5. The Kier molecular flexibility index (Phi) is 8.83. The SMILES string of the molecule is COCc1cc(F)c(-c2ccc3cnc(Cc4cnccc4N4C[C@@H](N)[C@@H](OCCS(C)(=O)=O)[C@@H](C)C4)n3n2)c(F)c1. The highest BCUT2D eigenvalue weighted by Gasteiger charge is 2.34.